The maximum atomic E-state index is 12.3. The lowest BCUT2D eigenvalue weighted by Gasteiger charge is -2.15. The maximum absolute atomic E-state index is 12.3. The van der Waals surface area contributed by atoms with Gasteiger partial charge in [0.2, 0.25) is 0 Å². The number of aliphatic hydroxyl groups excluding tert-OH is 1. The van der Waals surface area contributed by atoms with Crippen molar-refractivity contribution in [3.63, 3.8) is 0 Å². The molecule has 0 aliphatic carbocycles. The summed E-state index contributed by atoms with van der Waals surface area (Å²) >= 11 is 0. The molecule has 0 spiro atoms. The van der Waals surface area contributed by atoms with E-state index in [0.717, 1.165) is 83.5 Å². The minimum atomic E-state index is -0.783. The molecule has 0 bridgehead atoms. The van der Waals surface area contributed by atoms with Crippen molar-refractivity contribution in [3.05, 3.63) is 85.1 Å². The summed E-state index contributed by atoms with van der Waals surface area (Å²) < 4.78 is 10.7. The van der Waals surface area contributed by atoms with Crippen molar-refractivity contribution in [1.29, 1.82) is 0 Å². The predicted molar refractivity (Wildman–Crippen MR) is 260 cm³/mol. The Bertz CT molecular complexity index is 1130. The monoisotopic (exact) mass is 835 g/mol. The lowest BCUT2D eigenvalue weighted by atomic mass is 10.1. The van der Waals surface area contributed by atoms with E-state index in [1.54, 1.807) is 0 Å². The van der Waals surface area contributed by atoms with Crippen LogP contribution < -0.4 is 0 Å². The molecule has 0 aromatic heterocycles. The molecule has 0 aliphatic heterocycles. The molecule has 1 atom stereocenters. The summed E-state index contributed by atoms with van der Waals surface area (Å²) in [6.07, 6.45) is 69.5. The Hall–Kier alpha value is -2.92. The third-order valence-corrected chi connectivity index (χ3v) is 10.7. The van der Waals surface area contributed by atoms with Crippen molar-refractivity contribution in [2.45, 2.75) is 238 Å². The van der Waals surface area contributed by atoms with Crippen LogP contribution in [0.2, 0.25) is 0 Å². The maximum Gasteiger partial charge on any atom is 0.306 e. The van der Waals surface area contributed by atoms with E-state index in [1.165, 1.54) is 122 Å². The van der Waals surface area contributed by atoms with Gasteiger partial charge in [-0.15, -0.1) is 0 Å². The van der Waals surface area contributed by atoms with Crippen LogP contribution in [0.1, 0.15) is 232 Å². The highest BCUT2D eigenvalue weighted by molar-refractivity contribution is 5.70. The summed E-state index contributed by atoms with van der Waals surface area (Å²) in [5.74, 6) is -0.605. The highest BCUT2D eigenvalue weighted by atomic mass is 16.6. The molecular formula is C55H94O5. The van der Waals surface area contributed by atoms with E-state index in [-0.39, 0.29) is 25.2 Å². The van der Waals surface area contributed by atoms with Crippen molar-refractivity contribution < 1.29 is 24.2 Å². The minimum absolute atomic E-state index is 0.0750. The molecule has 0 fully saturated rings. The smallest absolute Gasteiger partial charge is 0.306 e. The van der Waals surface area contributed by atoms with Crippen LogP contribution in [-0.4, -0.2) is 36.4 Å². The van der Waals surface area contributed by atoms with Gasteiger partial charge in [-0.2, -0.15) is 0 Å². The number of allylic oxidation sites excluding steroid dienone is 14. The van der Waals surface area contributed by atoms with Crippen molar-refractivity contribution in [1.82, 2.24) is 0 Å². The van der Waals surface area contributed by atoms with Gasteiger partial charge >= 0.3 is 11.9 Å². The molecule has 1 N–H and O–H groups in total. The first-order chi connectivity index (χ1) is 29.6. The number of aliphatic hydroxyl groups is 1. The van der Waals surface area contributed by atoms with E-state index in [0.29, 0.717) is 12.8 Å². The summed E-state index contributed by atoms with van der Waals surface area (Å²) in [6, 6.07) is 0. The molecular weight excluding hydrogens is 741 g/mol. The molecule has 0 radical (unpaired) electrons. The van der Waals surface area contributed by atoms with Gasteiger partial charge in [0, 0.05) is 12.8 Å². The van der Waals surface area contributed by atoms with Crippen LogP contribution in [0.4, 0.5) is 0 Å². The fourth-order valence-electron chi connectivity index (χ4n) is 6.91. The zero-order valence-corrected chi connectivity index (χ0v) is 39.2. The Morgan fingerprint density at radius 1 is 0.400 bits per heavy atom. The molecule has 0 saturated heterocycles. The Morgan fingerprint density at radius 3 is 1.08 bits per heavy atom. The molecule has 0 rings (SSSR count). The standard InChI is InChI=1S/C55H94O5/c1-3-5-7-9-11-13-15-17-19-21-23-25-26-27-28-30-31-33-35-37-39-41-43-45-47-49-54(57)59-52-53(51-56)60-55(58)50-48-46-44-42-40-38-36-34-32-29-24-22-20-18-16-14-12-10-8-6-4-2/h6,8,12,14-15,17-18,20-21,23-24,26-27,29,53,56H,3-5,7,9-11,13,16,19,22,25,28,30-52H2,1-2H3/b8-6-,14-12-,17-15-,20-18-,23-21-,27-26-,29-24-. The molecule has 1 unspecified atom stereocenters. The molecule has 60 heavy (non-hydrogen) atoms. The first kappa shape index (κ1) is 57.1. The lowest BCUT2D eigenvalue weighted by Crippen LogP contribution is -2.28. The zero-order chi connectivity index (χ0) is 43.5. The number of carbonyl (C=O) groups is 2. The van der Waals surface area contributed by atoms with Gasteiger partial charge in [-0.25, -0.2) is 0 Å². The third kappa shape index (κ3) is 47.8. The van der Waals surface area contributed by atoms with Crippen LogP contribution in [0, 0.1) is 0 Å². The van der Waals surface area contributed by atoms with Gasteiger partial charge in [0.1, 0.15) is 6.61 Å². The molecule has 0 aromatic rings. The molecule has 0 amide bonds. The van der Waals surface area contributed by atoms with Crippen molar-refractivity contribution in [2.24, 2.45) is 0 Å². The number of rotatable bonds is 45. The zero-order valence-electron chi connectivity index (χ0n) is 39.2. The van der Waals surface area contributed by atoms with Gasteiger partial charge in [-0.1, -0.05) is 214 Å². The Labute approximate surface area is 371 Å². The highest BCUT2D eigenvalue weighted by Gasteiger charge is 2.16. The van der Waals surface area contributed by atoms with Gasteiger partial charge in [0.15, 0.2) is 6.10 Å². The number of carbonyl (C=O) groups excluding carboxylic acids is 2. The number of hydrogen-bond donors (Lipinski definition) is 1. The van der Waals surface area contributed by atoms with Crippen LogP contribution >= 0.6 is 0 Å². The molecule has 0 saturated carbocycles. The average molecular weight is 835 g/mol. The van der Waals surface area contributed by atoms with E-state index in [1.807, 2.05) is 0 Å². The fourth-order valence-corrected chi connectivity index (χ4v) is 6.91. The first-order valence-electron chi connectivity index (χ1n) is 25.1. The third-order valence-electron chi connectivity index (χ3n) is 10.7. The van der Waals surface area contributed by atoms with Gasteiger partial charge < -0.3 is 14.6 Å². The molecule has 0 aliphatic rings. The Balaban J connectivity index is 3.55. The second kappa shape index (κ2) is 50.4. The minimum Gasteiger partial charge on any atom is -0.462 e. The van der Waals surface area contributed by atoms with Gasteiger partial charge in [-0.05, 0) is 89.9 Å². The van der Waals surface area contributed by atoms with Crippen molar-refractivity contribution in [2.75, 3.05) is 13.2 Å². The van der Waals surface area contributed by atoms with Crippen LogP contribution in [0.3, 0.4) is 0 Å². The number of unbranched alkanes of at least 4 members (excludes halogenated alkanes) is 23. The SMILES string of the molecule is CC/C=C\C/C=C\C/C=C\C/C=C\CCCCCCCCCCC(=O)OC(CO)COC(=O)CCCCCCCCCCCC/C=C\C/C=C\C/C=C\CCCCCCC. The largest absolute Gasteiger partial charge is 0.462 e. The number of esters is 2. The summed E-state index contributed by atoms with van der Waals surface area (Å²) in [4.78, 5) is 24.4. The summed E-state index contributed by atoms with van der Waals surface area (Å²) in [6.45, 7) is 4.01. The molecule has 0 aromatic carbocycles. The molecule has 5 nitrogen and oxygen atoms in total. The van der Waals surface area contributed by atoms with Crippen LogP contribution in [0.5, 0.6) is 0 Å². The van der Waals surface area contributed by atoms with E-state index in [9.17, 15) is 14.7 Å². The van der Waals surface area contributed by atoms with Crippen LogP contribution in [0.15, 0.2) is 85.1 Å². The topological polar surface area (TPSA) is 72.8 Å². The van der Waals surface area contributed by atoms with Gasteiger partial charge in [-0.3, -0.25) is 9.59 Å². The summed E-state index contributed by atoms with van der Waals surface area (Å²) in [5, 5.41) is 9.62. The number of ether oxygens (including phenoxy) is 2. The second-order valence-electron chi connectivity index (χ2n) is 16.5. The summed E-state index contributed by atoms with van der Waals surface area (Å²) in [5.41, 5.74) is 0. The van der Waals surface area contributed by atoms with Crippen molar-refractivity contribution in [3.8, 4) is 0 Å². The molecule has 344 valence electrons. The highest BCUT2D eigenvalue weighted by Crippen LogP contribution is 2.14. The van der Waals surface area contributed by atoms with Crippen molar-refractivity contribution >= 4 is 11.9 Å². The predicted octanol–water partition coefficient (Wildman–Crippen LogP) is 16.6. The van der Waals surface area contributed by atoms with Gasteiger partial charge in [0.05, 0.1) is 6.61 Å². The fraction of sp³-hybridized carbons (Fsp3) is 0.709. The lowest BCUT2D eigenvalue weighted by molar-refractivity contribution is -0.161. The normalized spacial score (nSPS) is 12.9. The second-order valence-corrected chi connectivity index (χ2v) is 16.5. The summed E-state index contributed by atoms with van der Waals surface area (Å²) in [7, 11) is 0. The van der Waals surface area contributed by atoms with Crippen LogP contribution in [-0.2, 0) is 19.1 Å². The quantitative estimate of drug-likeness (QED) is 0.0376. The number of hydrogen-bond acceptors (Lipinski definition) is 5. The van der Waals surface area contributed by atoms with E-state index >= 15 is 0 Å². The molecule has 5 heteroatoms. The van der Waals surface area contributed by atoms with E-state index in [4.69, 9.17) is 9.47 Å². The Morgan fingerprint density at radius 2 is 0.717 bits per heavy atom. The Kier molecular flexibility index (Phi) is 48.0. The van der Waals surface area contributed by atoms with E-state index < -0.39 is 6.10 Å². The van der Waals surface area contributed by atoms with Crippen LogP contribution in [0.25, 0.3) is 0 Å². The first-order valence-corrected chi connectivity index (χ1v) is 25.1. The molecule has 0 heterocycles. The van der Waals surface area contributed by atoms with E-state index in [2.05, 4.69) is 98.9 Å². The average Bonchev–Trinajstić information content (AvgIpc) is 3.25. The van der Waals surface area contributed by atoms with Gasteiger partial charge in [0.25, 0.3) is 0 Å².